The molecule has 1 unspecified atom stereocenters. The predicted octanol–water partition coefficient (Wildman–Crippen LogP) is 5.47. The zero-order valence-corrected chi connectivity index (χ0v) is 21.2. The highest BCUT2D eigenvalue weighted by Gasteiger charge is 2.39. The van der Waals surface area contributed by atoms with Gasteiger partial charge in [0.15, 0.2) is 0 Å². The van der Waals surface area contributed by atoms with Gasteiger partial charge in [-0.05, 0) is 48.7 Å². The molecule has 3 aromatic carbocycles. The average molecular weight is 493 g/mol. The minimum Gasteiger partial charge on any atom is -0.487 e. The number of hydrogen-bond acceptors (Lipinski definition) is 4. The van der Waals surface area contributed by atoms with Crippen molar-refractivity contribution in [2.75, 3.05) is 10.6 Å². The third-order valence-electron chi connectivity index (χ3n) is 6.78. The van der Waals surface area contributed by atoms with Crippen molar-refractivity contribution in [3.05, 3.63) is 95.6 Å². The predicted molar refractivity (Wildman–Crippen MR) is 139 cm³/mol. The summed E-state index contributed by atoms with van der Waals surface area (Å²) in [5.74, 6) is 0.612. The van der Waals surface area contributed by atoms with Gasteiger partial charge in [0.25, 0.3) is 5.91 Å². The van der Waals surface area contributed by atoms with E-state index in [0.29, 0.717) is 17.7 Å². The summed E-state index contributed by atoms with van der Waals surface area (Å²) >= 11 is 0. The number of nitrogens with zero attached hydrogens (tertiary/aromatic N) is 1. The van der Waals surface area contributed by atoms with E-state index in [1.165, 1.54) is 10.6 Å². The summed E-state index contributed by atoms with van der Waals surface area (Å²) < 4.78 is 32.7. The Hall–Kier alpha value is -3.32. The molecule has 35 heavy (non-hydrogen) atoms. The van der Waals surface area contributed by atoms with Crippen LogP contribution in [0.15, 0.2) is 78.9 Å². The lowest BCUT2D eigenvalue weighted by atomic mass is 9.83. The van der Waals surface area contributed by atoms with Crippen LogP contribution in [-0.4, -0.2) is 26.2 Å². The van der Waals surface area contributed by atoms with Crippen LogP contribution < -0.4 is 14.4 Å². The summed E-state index contributed by atoms with van der Waals surface area (Å²) in [5.41, 5.74) is 2.53. The van der Waals surface area contributed by atoms with E-state index < -0.39 is 10.0 Å². The molecule has 1 heterocycles. The lowest BCUT2D eigenvalue weighted by molar-refractivity contribution is 0.0227. The van der Waals surface area contributed by atoms with Gasteiger partial charge in [-0.3, -0.25) is 9.10 Å². The first-order chi connectivity index (χ1) is 16.7. The number of benzene rings is 3. The molecule has 0 aliphatic carbocycles. The molecule has 7 heteroatoms. The number of anilines is 1. The van der Waals surface area contributed by atoms with E-state index in [9.17, 15) is 13.2 Å². The Morgan fingerprint density at radius 1 is 0.971 bits per heavy atom. The zero-order chi connectivity index (χ0) is 25.1. The number of hydrogen-bond donors (Lipinski definition) is 1. The number of carbonyl (C=O) groups excluding carboxylic acids is 1. The fourth-order valence-corrected chi connectivity index (χ4v) is 5.49. The fourth-order valence-electron chi connectivity index (χ4n) is 4.60. The Labute approximate surface area is 208 Å². The summed E-state index contributed by atoms with van der Waals surface area (Å²) in [7, 11) is -3.51. The zero-order valence-electron chi connectivity index (χ0n) is 20.4. The average Bonchev–Trinajstić information content (AvgIpc) is 2.87. The number of ether oxygens (including phenoxy) is 1. The van der Waals surface area contributed by atoms with E-state index in [1.807, 2.05) is 54.6 Å². The molecule has 0 radical (unpaired) electrons. The van der Waals surface area contributed by atoms with Gasteiger partial charge >= 0.3 is 0 Å². The van der Waals surface area contributed by atoms with Gasteiger partial charge in [0.2, 0.25) is 10.0 Å². The standard InChI is InChI=1S/C28H32N2O4S/c1-4-28(5-2)19-25(24-13-9-10-14-26(24)34-28)29-27(31)22-15-17-23(18-16-22)30(35(3,32)33)20-21-11-7-6-8-12-21/h6-18,25H,4-5,19-20H2,1-3H3,(H,29,31). The number of carbonyl (C=O) groups is 1. The van der Waals surface area contributed by atoms with Crippen LogP contribution in [-0.2, 0) is 16.6 Å². The molecule has 0 aromatic heterocycles. The van der Waals surface area contributed by atoms with Crippen LogP contribution in [0.1, 0.15) is 60.6 Å². The van der Waals surface area contributed by atoms with Crippen molar-refractivity contribution >= 4 is 21.6 Å². The molecule has 1 aliphatic heterocycles. The highest BCUT2D eigenvalue weighted by atomic mass is 32.2. The van der Waals surface area contributed by atoms with E-state index in [1.54, 1.807) is 24.3 Å². The quantitative estimate of drug-likeness (QED) is 0.453. The lowest BCUT2D eigenvalue weighted by Gasteiger charge is -2.41. The molecule has 1 atom stereocenters. The smallest absolute Gasteiger partial charge is 0.251 e. The number of sulfonamides is 1. The second kappa shape index (κ2) is 10.1. The van der Waals surface area contributed by atoms with Crippen molar-refractivity contribution < 1.29 is 17.9 Å². The minimum absolute atomic E-state index is 0.169. The van der Waals surface area contributed by atoms with Gasteiger partial charge in [-0.2, -0.15) is 0 Å². The molecule has 1 N–H and O–H groups in total. The van der Waals surface area contributed by atoms with E-state index in [0.717, 1.165) is 29.7 Å². The molecular weight excluding hydrogens is 460 g/mol. The van der Waals surface area contributed by atoms with Gasteiger partial charge in [-0.15, -0.1) is 0 Å². The third-order valence-corrected chi connectivity index (χ3v) is 7.92. The second-order valence-corrected chi connectivity index (χ2v) is 11.0. The molecule has 0 saturated carbocycles. The number of fused-ring (bicyclic) bond motifs is 1. The van der Waals surface area contributed by atoms with Gasteiger partial charge in [0.1, 0.15) is 11.4 Å². The van der Waals surface area contributed by atoms with Gasteiger partial charge in [0.05, 0.1) is 24.5 Å². The molecule has 0 fully saturated rings. The maximum Gasteiger partial charge on any atom is 0.251 e. The van der Waals surface area contributed by atoms with Crippen molar-refractivity contribution in [1.82, 2.24) is 5.32 Å². The summed E-state index contributed by atoms with van der Waals surface area (Å²) in [6.07, 6.45) is 3.58. The molecule has 184 valence electrons. The van der Waals surface area contributed by atoms with Gasteiger partial charge in [-0.1, -0.05) is 62.4 Å². The number of amides is 1. The highest BCUT2D eigenvalue weighted by molar-refractivity contribution is 7.92. The van der Waals surface area contributed by atoms with Crippen LogP contribution in [0.3, 0.4) is 0 Å². The summed E-state index contributed by atoms with van der Waals surface area (Å²) in [6, 6.07) is 23.8. The summed E-state index contributed by atoms with van der Waals surface area (Å²) in [5, 5.41) is 3.18. The van der Waals surface area contributed by atoms with Crippen molar-refractivity contribution in [2.24, 2.45) is 0 Å². The van der Waals surface area contributed by atoms with Gasteiger partial charge < -0.3 is 10.1 Å². The van der Waals surface area contributed by atoms with Crippen LogP contribution in [0, 0.1) is 0 Å². The van der Waals surface area contributed by atoms with Crippen LogP contribution in [0.5, 0.6) is 5.75 Å². The molecule has 1 amide bonds. The fraction of sp³-hybridized carbons (Fsp3) is 0.321. The lowest BCUT2D eigenvalue weighted by Crippen LogP contribution is -2.44. The largest absolute Gasteiger partial charge is 0.487 e. The highest BCUT2D eigenvalue weighted by Crippen LogP contribution is 2.42. The van der Waals surface area contributed by atoms with Crippen molar-refractivity contribution in [3.63, 3.8) is 0 Å². The Balaban J connectivity index is 1.55. The number of rotatable bonds is 8. The van der Waals surface area contributed by atoms with E-state index in [2.05, 4.69) is 19.2 Å². The Bertz CT molecular complexity index is 1270. The first-order valence-electron chi connectivity index (χ1n) is 11.9. The van der Waals surface area contributed by atoms with E-state index >= 15 is 0 Å². The molecule has 3 aromatic rings. The number of para-hydroxylation sites is 1. The molecule has 0 spiro atoms. The van der Waals surface area contributed by atoms with Crippen LogP contribution in [0.25, 0.3) is 0 Å². The molecular formula is C28H32N2O4S. The van der Waals surface area contributed by atoms with Gasteiger partial charge in [-0.25, -0.2) is 8.42 Å². The Kier molecular flexibility index (Phi) is 7.17. The Morgan fingerprint density at radius 3 is 2.23 bits per heavy atom. The molecule has 0 saturated heterocycles. The Morgan fingerprint density at radius 2 is 1.60 bits per heavy atom. The van der Waals surface area contributed by atoms with Crippen molar-refractivity contribution in [3.8, 4) is 5.75 Å². The summed E-state index contributed by atoms with van der Waals surface area (Å²) in [4.78, 5) is 13.2. The molecule has 1 aliphatic rings. The molecule has 0 bridgehead atoms. The summed E-state index contributed by atoms with van der Waals surface area (Å²) in [6.45, 7) is 4.44. The topological polar surface area (TPSA) is 75.7 Å². The first-order valence-corrected chi connectivity index (χ1v) is 13.8. The van der Waals surface area contributed by atoms with E-state index in [4.69, 9.17) is 4.74 Å². The van der Waals surface area contributed by atoms with Crippen LogP contribution in [0.4, 0.5) is 5.69 Å². The first kappa shape index (κ1) is 24.8. The molecule has 6 nitrogen and oxygen atoms in total. The monoisotopic (exact) mass is 492 g/mol. The third kappa shape index (κ3) is 5.51. The van der Waals surface area contributed by atoms with Crippen molar-refractivity contribution in [2.45, 2.75) is 51.3 Å². The maximum absolute atomic E-state index is 13.2. The maximum atomic E-state index is 13.2. The van der Waals surface area contributed by atoms with E-state index in [-0.39, 0.29) is 24.1 Å². The van der Waals surface area contributed by atoms with Crippen molar-refractivity contribution in [1.29, 1.82) is 0 Å². The molecule has 4 rings (SSSR count). The second-order valence-electron chi connectivity index (χ2n) is 9.06. The van der Waals surface area contributed by atoms with Crippen LogP contribution >= 0.6 is 0 Å². The number of nitrogens with one attached hydrogen (secondary N) is 1. The van der Waals surface area contributed by atoms with Gasteiger partial charge in [0, 0.05) is 17.5 Å². The SMILES string of the molecule is CCC1(CC)CC(NC(=O)c2ccc(N(Cc3ccccc3)S(C)(=O)=O)cc2)c2ccccc2O1. The van der Waals surface area contributed by atoms with Crippen LogP contribution in [0.2, 0.25) is 0 Å². The normalized spacial score (nSPS) is 16.6. The minimum atomic E-state index is -3.51.